The van der Waals surface area contributed by atoms with Crippen molar-refractivity contribution in [2.24, 2.45) is 5.92 Å². The summed E-state index contributed by atoms with van der Waals surface area (Å²) in [6.07, 6.45) is 1.61. The van der Waals surface area contributed by atoms with E-state index in [9.17, 15) is 0 Å². The van der Waals surface area contributed by atoms with Crippen LogP contribution in [0.25, 0.3) is 0 Å². The lowest BCUT2D eigenvalue weighted by Gasteiger charge is -2.11. The second kappa shape index (κ2) is 7.05. The topological polar surface area (TPSA) is 52.0 Å². The summed E-state index contributed by atoms with van der Waals surface area (Å²) in [6.45, 7) is 6.69. The Balaban J connectivity index is 1.91. The standard InChI is InChI=1S/C15H22N4O/c1-12(2)10-19-15(17-11-18-19)9-16-8-13-6-4-5-7-14(13)20-3/h4-7,11-12,16H,8-10H2,1-3H3. The molecular weight excluding hydrogens is 252 g/mol. The van der Waals surface area contributed by atoms with Crippen LogP contribution in [0.4, 0.5) is 0 Å². The predicted octanol–water partition coefficient (Wildman–Crippen LogP) is 2.23. The molecule has 0 aliphatic rings. The second-order valence-corrected chi connectivity index (χ2v) is 5.17. The molecule has 5 nitrogen and oxygen atoms in total. The fourth-order valence-corrected chi connectivity index (χ4v) is 2.08. The molecule has 0 aliphatic carbocycles. The number of rotatable bonds is 7. The third-order valence-electron chi connectivity index (χ3n) is 3.02. The SMILES string of the molecule is COc1ccccc1CNCc1ncnn1CC(C)C. The number of nitrogens with zero attached hydrogens (tertiary/aromatic N) is 3. The van der Waals surface area contributed by atoms with Crippen LogP contribution in [0.1, 0.15) is 25.2 Å². The van der Waals surface area contributed by atoms with E-state index in [4.69, 9.17) is 4.74 Å². The van der Waals surface area contributed by atoms with Gasteiger partial charge in [-0.05, 0) is 12.0 Å². The summed E-state index contributed by atoms with van der Waals surface area (Å²) in [5, 5.41) is 7.65. The highest BCUT2D eigenvalue weighted by Gasteiger charge is 2.06. The Labute approximate surface area is 120 Å². The van der Waals surface area contributed by atoms with Crippen molar-refractivity contribution < 1.29 is 4.74 Å². The highest BCUT2D eigenvalue weighted by Crippen LogP contribution is 2.16. The molecule has 1 N–H and O–H groups in total. The average Bonchev–Trinajstić information content (AvgIpc) is 2.86. The Hall–Kier alpha value is -1.88. The molecule has 0 fully saturated rings. The maximum Gasteiger partial charge on any atom is 0.140 e. The zero-order valence-electron chi connectivity index (χ0n) is 12.3. The number of para-hydroxylation sites is 1. The molecular formula is C15H22N4O. The first-order valence-electron chi connectivity index (χ1n) is 6.90. The summed E-state index contributed by atoms with van der Waals surface area (Å²) in [6, 6.07) is 8.02. The number of aromatic nitrogens is 3. The summed E-state index contributed by atoms with van der Waals surface area (Å²) in [5.74, 6) is 2.43. The lowest BCUT2D eigenvalue weighted by Crippen LogP contribution is -2.19. The maximum absolute atomic E-state index is 5.34. The van der Waals surface area contributed by atoms with Crippen molar-refractivity contribution in [2.45, 2.75) is 33.5 Å². The monoisotopic (exact) mass is 274 g/mol. The maximum atomic E-state index is 5.34. The normalized spacial score (nSPS) is 11.0. The van der Waals surface area contributed by atoms with Gasteiger partial charge in [0.25, 0.3) is 0 Å². The molecule has 0 unspecified atom stereocenters. The van der Waals surface area contributed by atoms with Crippen LogP contribution in [-0.2, 0) is 19.6 Å². The zero-order chi connectivity index (χ0) is 14.4. The number of nitrogens with one attached hydrogen (secondary N) is 1. The third-order valence-corrected chi connectivity index (χ3v) is 3.02. The van der Waals surface area contributed by atoms with Gasteiger partial charge in [0.15, 0.2) is 0 Å². The second-order valence-electron chi connectivity index (χ2n) is 5.17. The van der Waals surface area contributed by atoms with Gasteiger partial charge in [0, 0.05) is 18.7 Å². The van der Waals surface area contributed by atoms with E-state index in [1.165, 1.54) is 0 Å². The minimum absolute atomic E-state index is 0.560. The van der Waals surface area contributed by atoms with E-state index < -0.39 is 0 Å². The van der Waals surface area contributed by atoms with E-state index in [1.807, 2.05) is 22.9 Å². The quantitative estimate of drug-likeness (QED) is 0.841. The van der Waals surface area contributed by atoms with Crippen LogP contribution in [-0.4, -0.2) is 21.9 Å². The minimum Gasteiger partial charge on any atom is -0.496 e. The largest absolute Gasteiger partial charge is 0.496 e. The summed E-state index contributed by atoms with van der Waals surface area (Å²) < 4.78 is 7.29. The fourth-order valence-electron chi connectivity index (χ4n) is 2.08. The van der Waals surface area contributed by atoms with Gasteiger partial charge in [-0.15, -0.1) is 0 Å². The summed E-state index contributed by atoms with van der Waals surface area (Å²) in [7, 11) is 1.69. The molecule has 0 radical (unpaired) electrons. The molecule has 0 saturated carbocycles. The smallest absolute Gasteiger partial charge is 0.140 e. The Kier molecular flexibility index (Phi) is 5.12. The molecule has 0 atom stereocenters. The van der Waals surface area contributed by atoms with Crippen LogP contribution in [0.2, 0.25) is 0 Å². The van der Waals surface area contributed by atoms with Gasteiger partial charge in [-0.3, -0.25) is 0 Å². The molecule has 1 aromatic carbocycles. The third kappa shape index (κ3) is 3.81. The molecule has 0 spiro atoms. The number of hydrogen-bond donors (Lipinski definition) is 1. The van der Waals surface area contributed by atoms with Crippen molar-refractivity contribution in [3.05, 3.63) is 42.0 Å². The first kappa shape index (κ1) is 14.5. The molecule has 2 aromatic rings. The Bertz CT molecular complexity index is 536. The Morgan fingerprint density at radius 2 is 2.05 bits per heavy atom. The van der Waals surface area contributed by atoms with Crippen LogP contribution >= 0.6 is 0 Å². The van der Waals surface area contributed by atoms with Crippen molar-refractivity contribution in [2.75, 3.05) is 7.11 Å². The molecule has 1 aromatic heterocycles. The fraction of sp³-hybridized carbons (Fsp3) is 0.467. The average molecular weight is 274 g/mol. The van der Waals surface area contributed by atoms with E-state index in [0.29, 0.717) is 12.5 Å². The van der Waals surface area contributed by atoms with E-state index in [1.54, 1.807) is 13.4 Å². The molecule has 0 amide bonds. The Morgan fingerprint density at radius 1 is 1.25 bits per heavy atom. The molecule has 2 rings (SSSR count). The van der Waals surface area contributed by atoms with Gasteiger partial charge in [0.2, 0.25) is 0 Å². The molecule has 20 heavy (non-hydrogen) atoms. The van der Waals surface area contributed by atoms with Gasteiger partial charge in [-0.2, -0.15) is 5.10 Å². The number of benzene rings is 1. The molecule has 108 valence electrons. The van der Waals surface area contributed by atoms with Crippen molar-refractivity contribution in [3.63, 3.8) is 0 Å². The molecule has 5 heteroatoms. The van der Waals surface area contributed by atoms with E-state index in [0.717, 1.165) is 30.2 Å². The molecule has 1 heterocycles. The van der Waals surface area contributed by atoms with Gasteiger partial charge in [0.1, 0.15) is 17.9 Å². The molecule has 0 saturated heterocycles. The van der Waals surface area contributed by atoms with Crippen molar-refractivity contribution in [1.29, 1.82) is 0 Å². The summed E-state index contributed by atoms with van der Waals surface area (Å²) in [5.41, 5.74) is 1.14. The lowest BCUT2D eigenvalue weighted by molar-refractivity contribution is 0.406. The van der Waals surface area contributed by atoms with Gasteiger partial charge in [-0.25, -0.2) is 9.67 Å². The highest BCUT2D eigenvalue weighted by molar-refractivity contribution is 5.32. The first-order chi connectivity index (χ1) is 9.70. The van der Waals surface area contributed by atoms with Gasteiger partial charge >= 0.3 is 0 Å². The van der Waals surface area contributed by atoms with Crippen LogP contribution in [0.15, 0.2) is 30.6 Å². The molecule has 0 bridgehead atoms. The first-order valence-corrected chi connectivity index (χ1v) is 6.90. The number of ether oxygens (including phenoxy) is 1. The minimum atomic E-state index is 0.560. The Morgan fingerprint density at radius 3 is 2.80 bits per heavy atom. The van der Waals surface area contributed by atoms with Crippen molar-refractivity contribution in [1.82, 2.24) is 20.1 Å². The van der Waals surface area contributed by atoms with Gasteiger partial charge in [0.05, 0.1) is 13.7 Å². The number of methoxy groups -OCH3 is 1. The van der Waals surface area contributed by atoms with Gasteiger partial charge < -0.3 is 10.1 Å². The van der Waals surface area contributed by atoms with Crippen molar-refractivity contribution >= 4 is 0 Å². The van der Waals surface area contributed by atoms with E-state index in [-0.39, 0.29) is 0 Å². The van der Waals surface area contributed by atoms with E-state index in [2.05, 4.69) is 35.3 Å². The number of hydrogen-bond acceptors (Lipinski definition) is 4. The summed E-state index contributed by atoms with van der Waals surface area (Å²) >= 11 is 0. The van der Waals surface area contributed by atoms with Crippen molar-refractivity contribution in [3.8, 4) is 5.75 Å². The van der Waals surface area contributed by atoms with Crippen LogP contribution in [0.5, 0.6) is 5.75 Å². The highest BCUT2D eigenvalue weighted by atomic mass is 16.5. The van der Waals surface area contributed by atoms with Gasteiger partial charge in [-0.1, -0.05) is 32.0 Å². The van der Waals surface area contributed by atoms with E-state index >= 15 is 0 Å². The lowest BCUT2D eigenvalue weighted by atomic mass is 10.2. The molecule has 0 aliphatic heterocycles. The van der Waals surface area contributed by atoms with Crippen LogP contribution in [0, 0.1) is 5.92 Å². The summed E-state index contributed by atoms with van der Waals surface area (Å²) in [4.78, 5) is 4.30. The van der Waals surface area contributed by atoms with Crippen LogP contribution < -0.4 is 10.1 Å². The zero-order valence-corrected chi connectivity index (χ0v) is 12.3. The predicted molar refractivity (Wildman–Crippen MR) is 78.4 cm³/mol. The van der Waals surface area contributed by atoms with Crippen LogP contribution in [0.3, 0.4) is 0 Å².